The Hall–Kier alpha value is -2.30. The van der Waals surface area contributed by atoms with Crippen molar-refractivity contribution in [3.63, 3.8) is 0 Å². The standard InChI is InChI=1S/C23H17BrIN3O2S/c1-2-30-17-10-7-15(8-11-17)14-26-28(22(29)18-5-3-4-6-19(18)25)23-27-20-12-9-16(24)13-21(20)31-23/h3-14H,2H2,1H3/b26-14+. The molecule has 1 heterocycles. The third kappa shape index (κ3) is 5.13. The smallest absolute Gasteiger partial charge is 0.281 e. The van der Waals surface area contributed by atoms with Gasteiger partial charge < -0.3 is 4.74 Å². The molecule has 1 amide bonds. The minimum absolute atomic E-state index is 0.231. The summed E-state index contributed by atoms with van der Waals surface area (Å²) in [7, 11) is 0. The zero-order chi connectivity index (χ0) is 21.8. The number of thiazole rings is 1. The second-order valence-corrected chi connectivity index (χ2v) is 9.54. The van der Waals surface area contributed by atoms with E-state index in [-0.39, 0.29) is 5.91 Å². The highest BCUT2D eigenvalue weighted by Crippen LogP contribution is 2.32. The van der Waals surface area contributed by atoms with E-state index in [2.05, 4.69) is 48.6 Å². The van der Waals surface area contributed by atoms with E-state index in [0.29, 0.717) is 17.3 Å². The molecule has 0 unspecified atom stereocenters. The number of anilines is 1. The fraction of sp³-hybridized carbons (Fsp3) is 0.0870. The van der Waals surface area contributed by atoms with E-state index in [1.807, 2.05) is 67.6 Å². The molecule has 0 spiro atoms. The molecule has 0 radical (unpaired) electrons. The van der Waals surface area contributed by atoms with Gasteiger partial charge in [-0.15, -0.1) is 0 Å². The van der Waals surface area contributed by atoms with Gasteiger partial charge in [0, 0.05) is 8.04 Å². The van der Waals surface area contributed by atoms with Crippen LogP contribution < -0.4 is 9.75 Å². The summed E-state index contributed by atoms with van der Waals surface area (Å²) in [4.78, 5) is 18.1. The van der Waals surface area contributed by atoms with Crippen LogP contribution in [0.5, 0.6) is 5.75 Å². The van der Waals surface area contributed by atoms with Gasteiger partial charge in [0.05, 0.1) is 28.6 Å². The van der Waals surface area contributed by atoms with E-state index in [1.54, 1.807) is 12.3 Å². The molecular formula is C23H17BrIN3O2S. The van der Waals surface area contributed by atoms with Gasteiger partial charge in [-0.05, 0) is 89.7 Å². The molecule has 4 rings (SSSR count). The molecule has 156 valence electrons. The van der Waals surface area contributed by atoms with E-state index >= 15 is 0 Å². The molecule has 0 aliphatic heterocycles. The summed E-state index contributed by atoms with van der Waals surface area (Å²) in [6.45, 7) is 2.56. The molecule has 8 heteroatoms. The number of carbonyl (C=O) groups excluding carboxylic acids is 1. The van der Waals surface area contributed by atoms with E-state index in [1.165, 1.54) is 16.3 Å². The SMILES string of the molecule is CCOc1ccc(/C=N/N(C(=O)c2ccccc2I)c2nc3ccc(Br)cc3s2)cc1. The highest BCUT2D eigenvalue weighted by molar-refractivity contribution is 14.1. The molecular weight excluding hydrogens is 589 g/mol. The Balaban J connectivity index is 1.72. The van der Waals surface area contributed by atoms with Crippen LogP contribution in [-0.4, -0.2) is 23.7 Å². The van der Waals surface area contributed by atoms with Crippen LogP contribution in [0.25, 0.3) is 10.2 Å². The number of fused-ring (bicyclic) bond motifs is 1. The molecule has 31 heavy (non-hydrogen) atoms. The van der Waals surface area contributed by atoms with Crippen molar-refractivity contribution < 1.29 is 9.53 Å². The first-order valence-electron chi connectivity index (χ1n) is 9.47. The first kappa shape index (κ1) is 21.9. The summed E-state index contributed by atoms with van der Waals surface area (Å²) in [6.07, 6.45) is 1.66. The van der Waals surface area contributed by atoms with Crippen molar-refractivity contribution in [3.05, 3.63) is 85.9 Å². The lowest BCUT2D eigenvalue weighted by atomic mass is 10.2. The zero-order valence-corrected chi connectivity index (χ0v) is 21.0. The molecule has 0 aliphatic rings. The van der Waals surface area contributed by atoms with Gasteiger partial charge in [-0.3, -0.25) is 4.79 Å². The number of ether oxygens (including phenoxy) is 1. The predicted molar refractivity (Wildman–Crippen MR) is 138 cm³/mol. The Labute approximate surface area is 206 Å². The third-order valence-corrected chi connectivity index (χ3v) is 6.76. The van der Waals surface area contributed by atoms with Crippen LogP contribution in [0.4, 0.5) is 5.13 Å². The molecule has 5 nitrogen and oxygen atoms in total. The normalized spacial score (nSPS) is 11.2. The third-order valence-electron chi connectivity index (χ3n) is 4.33. The molecule has 0 saturated heterocycles. The van der Waals surface area contributed by atoms with Crippen molar-refractivity contribution in [3.8, 4) is 5.75 Å². The number of nitrogens with zero attached hydrogens (tertiary/aromatic N) is 3. The second-order valence-electron chi connectivity index (χ2n) is 6.45. The largest absolute Gasteiger partial charge is 0.494 e. The summed E-state index contributed by atoms with van der Waals surface area (Å²) in [6, 6.07) is 20.9. The molecule has 0 N–H and O–H groups in total. The van der Waals surface area contributed by atoms with Gasteiger partial charge in [-0.25, -0.2) is 4.98 Å². The van der Waals surface area contributed by atoms with E-state index in [0.717, 1.165) is 29.6 Å². The molecule has 3 aromatic carbocycles. The quantitative estimate of drug-likeness (QED) is 0.139. The zero-order valence-electron chi connectivity index (χ0n) is 16.5. The van der Waals surface area contributed by atoms with Crippen molar-refractivity contribution >= 4 is 77.3 Å². The number of rotatable bonds is 6. The highest BCUT2D eigenvalue weighted by atomic mass is 127. The van der Waals surface area contributed by atoms with Crippen molar-refractivity contribution in [2.75, 3.05) is 11.6 Å². The number of carbonyl (C=O) groups is 1. The molecule has 0 fully saturated rings. The lowest BCUT2D eigenvalue weighted by molar-refractivity contribution is 0.0987. The maximum Gasteiger partial charge on any atom is 0.281 e. The number of hydrogen-bond donors (Lipinski definition) is 0. The number of benzene rings is 3. The van der Waals surface area contributed by atoms with Crippen LogP contribution in [0.15, 0.2) is 76.3 Å². The fourth-order valence-corrected chi connectivity index (χ4v) is 4.95. The van der Waals surface area contributed by atoms with Gasteiger partial charge >= 0.3 is 0 Å². The summed E-state index contributed by atoms with van der Waals surface area (Å²) >= 11 is 7.07. The van der Waals surface area contributed by atoms with Crippen molar-refractivity contribution in [1.29, 1.82) is 0 Å². The first-order chi connectivity index (χ1) is 15.0. The summed E-state index contributed by atoms with van der Waals surface area (Å²) in [5.74, 6) is 0.563. The number of hydrogen-bond acceptors (Lipinski definition) is 5. The maximum atomic E-state index is 13.4. The number of hydrazone groups is 1. The Morgan fingerprint density at radius 2 is 1.97 bits per heavy atom. The monoisotopic (exact) mass is 605 g/mol. The van der Waals surface area contributed by atoms with Gasteiger partial charge in [-0.1, -0.05) is 39.4 Å². The van der Waals surface area contributed by atoms with Crippen molar-refractivity contribution in [2.45, 2.75) is 6.92 Å². The highest BCUT2D eigenvalue weighted by Gasteiger charge is 2.22. The summed E-state index contributed by atoms with van der Waals surface area (Å²) < 4.78 is 8.28. The summed E-state index contributed by atoms with van der Waals surface area (Å²) in [5, 5.41) is 6.41. The minimum atomic E-state index is -0.231. The van der Waals surface area contributed by atoms with Crippen molar-refractivity contribution in [2.24, 2.45) is 5.10 Å². The van der Waals surface area contributed by atoms with Crippen LogP contribution in [0.1, 0.15) is 22.8 Å². The van der Waals surface area contributed by atoms with Gasteiger partial charge in [-0.2, -0.15) is 10.1 Å². The Kier molecular flexibility index (Phi) is 6.99. The van der Waals surface area contributed by atoms with E-state index in [9.17, 15) is 4.79 Å². The number of halogens is 2. The Bertz CT molecular complexity index is 1260. The maximum absolute atomic E-state index is 13.4. The molecule has 0 atom stereocenters. The van der Waals surface area contributed by atoms with E-state index < -0.39 is 0 Å². The number of aromatic nitrogens is 1. The first-order valence-corrected chi connectivity index (χ1v) is 12.2. The van der Waals surface area contributed by atoms with Gasteiger partial charge in [0.15, 0.2) is 0 Å². The van der Waals surface area contributed by atoms with Crippen molar-refractivity contribution in [1.82, 2.24) is 4.98 Å². The van der Waals surface area contributed by atoms with Crippen LogP contribution in [0.3, 0.4) is 0 Å². The van der Waals surface area contributed by atoms with Gasteiger partial charge in [0.25, 0.3) is 5.91 Å². The van der Waals surface area contributed by atoms with Crippen LogP contribution >= 0.6 is 49.9 Å². The molecule has 4 aromatic rings. The Morgan fingerprint density at radius 3 is 2.71 bits per heavy atom. The second kappa shape index (κ2) is 9.88. The lowest BCUT2D eigenvalue weighted by Crippen LogP contribution is -2.26. The molecule has 1 aromatic heterocycles. The Morgan fingerprint density at radius 1 is 1.19 bits per heavy atom. The molecule has 0 saturated carbocycles. The molecule has 0 aliphatic carbocycles. The van der Waals surface area contributed by atoms with Gasteiger partial charge in [0.2, 0.25) is 5.13 Å². The average Bonchev–Trinajstić information content (AvgIpc) is 3.18. The van der Waals surface area contributed by atoms with Crippen LogP contribution in [0, 0.1) is 3.57 Å². The van der Waals surface area contributed by atoms with Crippen LogP contribution in [-0.2, 0) is 0 Å². The lowest BCUT2D eigenvalue weighted by Gasteiger charge is -2.14. The van der Waals surface area contributed by atoms with Crippen LogP contribution in [0.2, 0.25) is 0 Å². The molecule has 0 bridgehead atoms. The summed E-state index contributed by atoms with van der Waals surface area (Å²) in [5.41, 5.74) is 2.25. The fourth-order valence-electron chi connectivity index (χ4n) is 2.86. The number of amides is 1. The minimum Gasteiger partial charge on any atom is -0.494 e. The van der Waals surface area contributed by atoms with E-state index in [4.69, 9.17) is 4.74 Å². The topological polar surface area (TPSA) is 54.8 Å². The predicted octanol–water partition coefficient (Wildman–Crippen LogP) is 6.74. The van der Waals surface area contributed by atoms with Gasteiger partial charge in [0.1, 0.15) is 5.75 Å². The average molecular weight is 606 g/mol.